The molecule has 0 fully saturated rings. The number of carbonyl (C=O) groups is 2. The zero-order chi connectivity index (χ0) is 23.3. The van der Waals surface area contributed by atoms with Crippen molar-refractivity contribution in [3.8, 4) is 0 Å². The zero-order valence-electron chi connectivity index (χ0n) is 16.5. The highest BCUT2D eigenvalue weighted by Gasteiger charge is 2.24. The van der Waals surface area contributed by atoms with E-state index < -0.39 is 45.2 Å². The number of benzene rings is 2. The molecule has 0 spiro atoms. The molecule has 32 heavy (non-hydrogen) atoms. The Hall–Kier alpha value is -3.93. The number of amides is 1. The van der Waals surface area contributed by atoms with E-state index in [1.54, 1.807) is 0 Å². The molecule has 3 rings (SSSR count). The van der Waals surface area contributed by atoms with E-state index in [2.05, 4.69) is 20.0 Å². The number of nitrogens with zero attached hydrogens (tertiary/aromatic N) is 2. The van der Waals surface area contributed by atoms with Crippen LogP contribution in [0, 0.1) is 11.6 Å². The third kappa shape index (κ3) is 5.40. The number of nitrogens with one attached hydrogen (secondary N) is 2. The van der Waals surface area contributed by atoms with Crippen LogP contribution in [0.4, 0.5) is 20.4 Å². The van der Waals surface area contributed by atoms with E-state index >= 15 is 0 Å². The molecule has 3 aromatic rings. The van der Waals surface area contributed by atoms with Crippen LogP contribution in [0.25, 0.3) is 0 Å². The number of hydrogen-bond acceptors (Lipinski definition) is 7. The largest absolute Gasteiger partial charge is 0.449 e. The summed E-state index contributed by atoms with van der Waals surface area (Å²) in [7, 11) is -3.96. The van der Waals surface area contributed by atoms with Gasteiger partial charge < -0.3 is 10.1 Å². The normalized spacial score (nSPS) is 12.0. The van der Waals surface area contributed by atoms with Crippen molar-refractivity contribution in [2.24, 2.45) is 0 Å². The fourth-order valence-corrected chi connectivity index (χ4v) is 3.42. The van der Waals surface area contributed by atoms with Gasteiger partial charge in [0.15, 0.2) is 6.10 Å². The smallest absolute Gasteiger partial charge is 0.344 e. The summed E-state index contributed by atoms with van der Waals surface area (Å²) in [6.07, 6.45) is 1.36. The molecule has 0 aliphatic rings. The maximum Gasteiger partial charge on any atom is 0.344 e. The molecule has 2 N–H and O–H groups in total. The van der Waals surface area contributed by atoms with E-state index in [0.29, 0.717) is 0 Å². The van der Waals surface area contributed by atoms with Gasteiger partial charge >= 0.3 is 5.97 Å². The zero-order valence-corrected chi connectivity index (χ0v) is 17.3. The average Bonchev–Trinajstić information content (AvgIpc) is 2.74. The van der Waals surface area contributed by atoms with Crippen molar-refractivity contribution in [1.82, 2.24) is 9.97 Å². The standard InChI is InChI=1S/C20H16F2N4O5S/c1-12(31-19(28)17-15(21)4-2-5-16(17)22)18(27)25-13-6-8-14(9-7-13)32(29,30)26-20-23-10-3-11-24-20/h2-12H,1H3,(H,25,27)(H,23,24,26)/t12-/m1/s1. The number of rotatable bonds is 7. The minimum absolute atomic E-state index is 0.105. The number of halogens is 2. The lowest BCUT2D eigenvalue weighted by molar-refractivity contribution is -0.123. The minimum Gasteiger partial charge on any atom is -0.449 e. The van der Waals surface area contributed by atoms with Gasteiger partial charge in [0.2, 0.25) is 5.95 Å². The maximum atomic E-state index is 13.7. The summed E-state index contributed by atoms with van der Waals surface area (Å²) in [4.78, 5) is 31.7. The lowest BCUT2D eigenvalue weighted by Crippen LogP contribution is -2.30. The molecule has 1 atom stereocenters. The Morgan fingerprint density at radius 1 is 0.969 bits per heavy atom. The van der Waals surface area contributed by atoms with E-state index in [4.69, 9.17) is 4.74 Å². The summed E-state index contributed by atoms with van der Waals surface area (Å²) in [5.74, 6) is -4.46. The Labute approximate surface area is 181 Å². The molecule has 0 aliphatic heterocycles. The van der Waals surface area contributed by atoms with Crippen molar-refractivity contribution in [1.29, 1.82) is 0 Å². The molecule has 0 radical (unpaired) electrons. The second-order valence-corrected chi connectivity index (χ2v) is 8.02. The van der Waals surface area contributed by atoms with Gasteiger partial charge in [-0.15, -0.1) is 0 Å². The van der Waals surface area contributed by atoms with Crippen LogP contribution in [0.2, 0.25) is 0 Å². The van der Waals surface area contributed by atoms with Crippen LogP contribution in [0.5, 0.6) is 0 Å². The van der Waals surface area contributed by atoms with Crippen molar-refractivity contribution in [2.75, 3.05) is 10.0 Å². The quantitative estimate of drug-likeness (QED) is 0.517. The molecule has 12 heteroatoms. The Bertz CT molecular complexity index is 1220. The summed E-state index contributed by atoms with van der Waals surface area (Å²) in [5.41, 5.74) is -0.707. The number of aromatic nitrogens is 2. The summed E-state index contributed by atoms with van der Waals surface area (Å²) in [6, 6.07) is 9.47. The summed E-state index contributed by atoms with van der Waals surface area (Å²) < 4.78 is 59.1. The number of sulfonamides is 1. The highest BCUT2D eigenvalue weighted by atomic mass is 32.2. The third-order valence-corrected chi connectivity index (χ3v) is 5.39. The van der Waals surface area contributed by atoms with Gasteiger partial charge in [0.1, 0.15) is 17.2 Å². The van der Waals surface area contributed by atoms with Gasteiger partial charge in [0.05, 0.1) is 4.90 Å². The minimum atomic E-state index is -3.96. The number of ether oxygens (including phenoxy) is 1. The fraction of sp³-hybridized carbons (Fsp3) is 0.100. The summed E-state index contributed by atoms with van der Waals surface area (Å²) in [5, 5.41) is 2.41. The van der Waals surface area contributed by atoms with Gasteiger partial charge in [-0.25, -0.2) is 36.7 Å². The predicted octanol–water partition coefficient (Wildman–Crippen LogP) is 2.74. The van der Waals surface area contributed by atoms with Gasteiger partial charge in [-0.1, -0.05) is 6.07 Å². The van der Waals surface area contributed by atoms with Crippen molar-refractivity contribution in [3.05, 3.63) is 78.1 Å². The molecule has 1 aromatic heterocycles. The Morgan fingerprint density at radius 2 is 1.56 bits per heavy atom. The first-order valence-electron chi connectivity index (χ1n) is 9.03. The van der Waals surface area contributed by atoms with E-state index in [0.717, 1.165) is 18.2 Å². The van der Waals surface area contributed by atoms with Crippen LogP contribution in [0.15, 0.2) is 65.8 Å². The molecular weight excluding hydrogens is 446 g/mol. The van der Waals surface area contributed by atoms with Gasteiger partial charge in [0.25, 0.3) is 15.9 Å². The Balaban J connectivity index is 1.63. The molecular formula is C20H16F2N4O5S. The number of carbonyl (C=O) groups excluding carboxylic acids is 2. The van der Waals surface area contributed by atoms with Crippen LogP contribution in [0.3, 0.4) is 0 Å². The highest BCUT2D eigenvalue weighted by Crippen LogP contribution is 2.18. The van der Waals surface area contributed by atoms with Crippen LogP contribution >= 0.6 is 0 Å². The van der Waals surface area contributed by atoms with E-state index in [9.17, 15) is 26.8 Å². The highest BCUT2D eigenvalue weighted by molar-refractivity contribution is 7.92. The Morgan fingerprint density at radius 3 is 2.16 bits per heavy atom. The first kappa shape index (κ1) is 22.7. The van der Waals surface area contributed by atoms with Crippen molar-refractivity contribution in [3.63, 3.8) is 0 Å². The van der Waals surface area contributed by atoms with Crippen LogP contribution in [-0.4, -0.2) is 36.4 Å². The van der Waals surface area contributed by atoms with Gasteiger partial charge in [-0.3, -0.25) is 4.79 Å². The molecule has 0 unspecified atom stereocenters. The average molecular weight is 462 g/mol. The number of anilines is 2. The van der Waals surface area contributed by atoms with Gasteiger partial charge in [-0.05, 0) is 49.4 Å². The predicted molar refractivity (Wildman–Crippen MR) is 109 cm³/mol. The second-order valence-electron chi connectivity index (χ2n) is 6.34. The van der Waals surface area contributed by atoms with Crippen LogP contribution in [0.1, 0.15) is 17.3 Å². The SMILES string of the molecule is C[C@@H](OC(=O)c1c(F)cccc1F)C(=O)Nc1ccc(S(=O)(=O)Nc2ncccn2)cc1. The van der Waals surface area contributed by atoms with E-state index in [1.807, 2.05) is 0 Å². The molecule has 9 nitrogen and oxygen atoms in total. The number of hydrogen-bond donors (Lipinski definition) is 2. The summed E-state index contributed by atoms with van der Waals surface area (Å²) >= 11 is 0. The van der Waals surface area contributed by atoms with Crippen molar-refractivity contribution >= 4 is 33.5 Å². The topological polar surface area (TPSA) is 127 Å². The first-order chi connectivity index (χ1) is 15.2. The third-order valence-electron chi connectivity index (χ3n) is 4.04. The molecule has 0 saturated heterocycles. The lowest BCUT2D eigenvalue weighted by Gasteiger charge is -2.14. The van der Waals surface area contributed by atoms with E-state index in [1.165, 1.54) is 49.6 Å². The molecule has 0 bridgehead atoms. The molecule has 166 valence electrons. The first-order valence-corrected chi connectivity index (χ1v) is 10.5. The number of esters is 1. The molecule has 0 saturated carbocycles. The van der Waals surface area contributed by atoms with Crippen LogP contribution < -0.4 is 10.0 Å². The molecule has 1 heterocycles. The van der Waals surface area contributed by atoms with Gasteiger partial charge in [0, 0.05) is 18.1 Å². The van der Waals surface area contributed by atoms with E-state index in [-0.39, 0.29) is 16.5 Å². The second kappa shape index (κ2) is 9.47. The van der Waals surface area contributed by atoms with Crippen molar-refractivity contribution < 1.29 is 31.5 Å². The lowest BCUT2D eigenvalue weighted by atomic mass is 10.2. The van der Waals surface area contributed by atoms with Crippen LogP contribution in [-0.2, 0) is 19.6 Å². The molecule has 1 amide bonds. The fourth-order valence-electron chi connectivity index (χ4n) is 2.46. The Kier molecular flexibility index (Phi) is 6.73. The monoisotopic (exact) mass is 462 g/mol. The maximum absolute atomic E-state index is 13.7. The molecule has 0 aliphatic carbocycles. The van der Waals surface area contributed by atoms with Gasteiger partial charge in [-0.2, -0.15) is 0 Å². The summed E-state index contributed by atoms with van der Waals surface area (Å²) in [6.45, 7) is 1.22. The molecule has 2 aromatic carbocycles. The van der Waals surface area contributed by atoms with Crippen molar-refractivity contribution in [2.45, 2.75) is 17.9 Å².